The minimum Gasteiger partial charge on any atom is -0.480 e. The van der Waals surface area contributed by atoms with Gasteiger partial charge in [-0.25, -0.2) is 0 Å². The van der Waals surface area contributed by atoms with E-state index in [-0.39, 0.29) is 0 Å². The molecule has 0 aliphatic rings. The van der Waals surface area contributed by atoms with E-state index in [4.69, 9.17) is 15.7 Å². The molecule has 0 saturated carbocycles. The number of aliphatic carboxylic acids is 1. The minimum absolute atomic E-state index is 0.320. The monoisotopic (exact) mass is 250 g/mol. The lowest BCUT2D eigenvalue weighted by Crippen LogP contribution is -2.32. The maximum Gasteiger partial charge on any atom is 0.320 e. The normalized spacial score (nSPS) is 11.9. The highest BCUT2D eigenvalue weighted by Crippen LogP contribution is 2.07. The zero-order valence-electron chi connectivity index (χ0n) is 10.3. The number of allylic oxidation sites excluding steroid dienone is 1. The van der Waals surface area contributed by atoms with Crippen LogP contribution in [0.15, 0.2) is 36.5 Å². The number of nitrogens with one attached hydrogen (secondary N) is 1. The molecule has 0 bridgehead atoms. The first-order chi connectivity index (χ1) is 8.49. The summed E-state index contributed by atoms with van der Waals surface area (Å²) >= 11 is 0. The van der Waals surface area contributed by atoms with E-state index >= 15 is 0 Å². The molecule has 98 valence electrons. The second kappa shape index (κ2) is 6.78. The fraction of sp³-hybridized carbons (Fsp3) is 0.308. The van der Waals surface area contributed by atoms with Crippen molar-refractivity contribution in [3.8, 4) is 0 Å². The van der Waals surface area contributed by atoms with E-state index in [9.17, 15) is 4.79 Å². The zero-order valence-corrected chi connectivity index (χ0v) is 10.3. The van der Waals surface area contributed by atoms with Crippen molar-refractivity contribution in [3.63, 3.8) is 0 Å². The van der Waals surface area contributed by atoms with Crippen molar-refractivity contribution < 1.29 is 14.7 Å². The lowest BCUT2D eigenvalue weighted by Gasteiger charge is -2.08. The maximum atomic E-state index is 10.6. The second-order valence-electron chi connectivity index (χ2n) is 4.14. The van der Waals surface area contributed by atoms with Crippen LogP contribution in [0.25, 0.3) is 0 Å². The fourth-order valence-corrected chi connectivity index (χ4v) is 1.36. The van der Waals surface area contributed by atoms with Crippen LogP contribution in [-0.2, 0) is 22.7 Å². The Kier molecular flexibility index (Phi) is 5.35. The van der Waals surface area contributed by atoms with Gasteiger partial charge < -0.3 is 10.8 Å². The number of hydroxylamine groups is 1. The molecule has 0 aromatic heterocycles. The van der Waals surface area contributed by atoms with Gasteiger partial charge in [-0.15, -0.1) is 0 Å². The van der Waals surface area contributed by atoms with Crippen molar-refractivity contribution in [3.05, 3.63) is 47.7 Å². The predicted octanol–water partition coefficient (Wildman–Crippen LogP) is 1.20. The molecule has 1 aromatic rings. The van der Waals surface area contributed by atoms with Crippen LogP contribution in [0.1, 0.15) is 18.1 Å². The van der Waals surface area contributed by atoms with E-state index in [0.717, 1.165) is 16.8 Å². The number of carbonyl (C=O) groups is 1. The van der Waals surface area contributed by atoms with Crippen molar-refractivity contribution in [2.75, 3.05) is 0 Å². The summed E-state index contributed by atoms with van der Waals surface area (Å²) < 4.78 is 0. The molecule has 0 unspecified atom stereocenters. The molecule has 0 aliphatic carbocycles. The van der Waals surface area contributed by atoms with Gasteiger partial charge in [-0.05, 0) is 24.5 Å². The number of nitrogens with two attached hydrogens (primary N) is 1. The molecule has 4 N–H and O–H groups in total. The molecule has 0 spiro atoms. The Bertz CT molecular complexity index is 415. The smallest absolute Gasteiger partial charge is 0.320 e. The summed E-state index contributed by atoms with van der Waals surface area (Å²) in [5.41, 5.74) is 10.7. The van der Waals surface area contributed by atoms with Crippen molar-refractivity contribution >= 4 is 5.97 Å². The van der Waals surface area contributed by atoms with Gasteiger partial charge in [0.05, 0.1) is 6.61 Å². The average Bonchev–Trinajstić information content (AvgIpc) is 2.30. The minimum atomic E-state index is -0.993. The lowest BCUT2D eigenvalue weighted by molar-refractivity contribution is -0.138. The van der Waals surface area contributed by atoms with Gasteiger partial charge in [0.25, 0.3) is 0 Å². The summed E-state index contributed by atoms with van der Waals surface area (Å²) in [5.74, 6) is -0.993. The summed E-state index contributed by atoms with van der Waals surface area (Å²) in [5, 5.41) is 8.70. The molecule has 18 heavy (non-hydrogen) atoms. The van der Waals surface area contributed by atoms with Gasteiger partial charge >= 0.3 is 5.97 Å². The molecule has 1 aromatic carbocycles. The molecular formula is C13H18N2O3. The third kappa shape index (κ3) is 4.99. The maximum absolute atomic E-state index is 10.6. The van der Waals surface area contributed by atoms with E-state index in [1.807, 2.05) is 24.3 Å². The van der Waals surface area contributed by atoms with Gasteiger partial charge in [0.2, 0.25) is 0 Å². The molecule has 0 aliphatic heterocycles. The summed E-state index contributed by atoms with van der Waals surface area (Å²) in [7, 11) is 0. The number of carboxylic acid groups (broad SMARTS) is 1. The SMILES string of the molecule is C=C(C)NOCc1ccc(C[C@H](N)C(=O)O)cc1. The average molecular weight is 250 g/mol. The molecular weight excluding hydrogens is 232 g/mol. The molecule has 0 amide bonds. The first-order valence-electron chi connectivity index (χ1n) is 5.58. The van der Waals surface area contributed by atoms with Crippen LogP contribution in [-0.4, -0.2) is 17.1 Å². The van der Waals surface area contributed by atoms with E-state index < -0.39 is 12.0 Å². The lowest BCUT2D eigenvalue weighted by atomic mass is 10.1. The molecule has 5 heteroatoms. The summed E-state index contributed by atoms with van der Waals surface area (Å²) in [6.07, 6.45) is 0.320. The Labute approximate surface area is 106 Å². The van der Waals surface area contributed by atoms with Gasteiger partial charge in [-0.3, -0.25) is 15.1 Å². The topological polar surface area (TPSA) is 84.6 Å². The van der Waals surface area contributed by atoms with Crippen LogP contribution in [0.5, 0.6) is 0 Å². The quantitative estimate of drug-likeness (QED) is 0.633. The molecule has 0 radical (unpaired) electrons. The van der Waals surface area contributed by atoms with Crippen LogP contribution < -0.4 is 11.2 Å². The Morgan fingerprint density at radius 2 is 2.00 bits per heavy atom. The summed E-state index contributed by atoms with van der Waals surface area (Å²) in [6, 6.07) is 6.59. The van der Waals surface area contributed by atoms with E-state index in [1.165, 1.54) is 0 Å². The van der Waals surface area contributed by atoms with Gasteiger partial charge in [0, 0.05) is 5.70 Å². The first-order valence-corrected chi connectivity index (χ1v) is 5.58. The van der Waals surface area contributed by atoms with Gasteiger partial charge in [0.15, 0.2) is 0 Å². The third-order valence-electron chi connectivity index (χ3n) is 2.28. The van der Waals surface area contributed by atoms with Gasteiger partial charge in [0.1, 0.15) is 6.04 Å². The fourth-order valence-electron chi connectivity index (χ4n) is 1.36. The molecule has 5 nitrogen and oxygen atoms in total. The first kappa shape index (κ1) is 14.2. The number of hydrogen-bond donors (Lipinski definition) is 3. The predicted molar refractivity (Wildman–Crippen MR) is 68.5 cm³/mol. The highest BCUT2D eigenvalue weighted by Gasteiger charge is 2.11. The van der Waals surface area contributed by atoms with E-state index in [2.05, 4.69) is 12.1 Å². The van der Waals surface area contributed by atoms with Crippen LogP contribution in [0, 0.1) is 0 Å². The van der Waals surface area contributed by atoms with E-state index in [0.29, 0.717) is 13.0 Å². The van der Waals surface area contributed by atoms with Crippen LogP contribution >= 0.6 is 0 Å². The standard InChI is InChI=1S/C13H18N2O3/c1-9(2)15-18-8-11-5-3-10(4-6-11)7-12(14)13(16)17/h3-6,12,15H,1,7-8,14H2,2H3,(H,16,17)/t12-/m0/s1. The van der Waals surface area contributed by atoms with Crippen LogP contribution in [0.2, 0.25) is 0 Å². The highest BCUT2D eigenvalue weighted by atomic mass is 16.6. The number of benzene rings is 1. The highest BCUT2D eigenvalue weighted by molar-refractivity contribution is 5.73. The van der Waals surface area contributed by atoms with Crippen LogP contribution in [0.4, 0.5) is 0 Å². The van der Waals surface area contributed by atoms with Crippen molar-refractivity contribution in [1.29, 1.82) is 0 Å². The van der Waals surface area contributed by atoms with E-state index in [1.54, 1.807) is 6.92 Å². The molecule has 0 heterocycles. The second-order valence-corrected chi connectivity index (χ2v) is 4.14. The Hall–Kier alpha value is -1.85. The van der Waals surface area contributed by atoms with Crippen molar-refractivity contribution in [1.82, 2.24) is 5.48 Å². The Morgan fingerprint density at radius 1 is 1.44 bits per heavy atom. The summed E-state index contributed by atoms with van der Waals surface area (Å²) in [6.45, 7) is 5.86. The third-order valence-corrected chi connectivity index (χ3v) is 2.28. The van der Waals surface area contributed by atoms with Crippen LogP contribution in [0.3, 0.4) is 0 Å². The van der Waals surface area contributed by atoms with Gasteiger partial charge in [-0.2, -0.15) is 0 Å². The number of rotatable bonds is 7. The number of carboxylic acids is 1. The van der Waals surface area contributed by atoms with Crippen molar-refractivity contribution in [2.24, 2.45) is 5.73 Å². The molecule has 1 rings (SSSR count). The largest absolute Gasteiger partial charge is 0.480 e. The molecule has 1 atom stereocenters. The zero-order chi connectivity index (χ0) is 13.5. The Balaban J connectivity index is 2.47. The Morgan fingerprint density at radius 3 is 2.50 bits per heavy atom. The van der Waals surface area contributed by atoms with Crippen molar-refractivity contribution in [2.45, 2.75) is 26.0 Å². The molecule has 0 fully saturated rings. The summed E-state index contributed by atoms with van der Waals surface area (Å²) in [4.78, 5) is 15.8. The van der Waals surface area contributed by atoms with Gasteiger partial charge in [-0.1, -0.05) is 30.8 Å². The number of hydrogen-bond acceptors (Lipinski definition) is 4. The molecule has 0 saturated heterocycles.